The Morgan fingerprint density at radius 1 is 1.16 bits per heavy atom. The quantitative estimate of drug-likeness (QED) is 0.902. The minimum absolute atomic E-state index is 0.0190. The van der Waals surface area contributed by atoms with Crippen LogP contribution in [-0.2, 0) is 0 Å². The normalized spacial score (nSPS) is 15.3. The molecule has 1 aliphatic heterocycles. The maximum Gasteiger partial charge on any atom is 0.573 e. The van der Waals surface area contributed by atoms with Crippen LogP contribution in [0, 0.1) is 0 Å². The summed E-state index contributed by atoms with van der Waals surface area (Å²) in [6.45, 7) is 2.26. The number of alkyl halides is 3. The molecule has 1 amide bonds. The van der Waals surface area contributed by atoms with Crippen molar-refractivity contribution < 1.29 is 27.2 Å². The van der Waals surface area contributed by atoms with Crippen molar-refractivity contribution in [2.75, 3.05) is 36.0 Å². The van der Waals surface area contributed by atoms with Crippen LogP contribution in [0.2, 0.25) is 0 Å². The summed E-state index contributed by atoms with van der Waals surface area (Å²) in [6, 6.07) is 7.31. The van der Waals surface area contributed by atoms with E-state index < -0.39 is 12.3 Å². The number of halogens is 3. The lowest BCUT2D eigenvalue weighted by Gasteiger charge is -2.36. The van der Waals surface area contributed by atoms with E-state index in [0.717, 1.165) is 0 Å². The molecule has 1 fully saturated rings. The minimum Gasteiger partial charge on any atom is -0.406 e. The van der Waals surface area contributed by atoms with Gasteiger partial charge in [-0.3, -0.25) is 4.79 Å². The monoisotopic (exact) mass is 356 g/mol. The van der Waals surface area contributed by atoms with Crippen molar-refractivity contribution in [3.63, 3.8) is 0 Å². The summed E-state index contributed by atoms with van der Waals surface area (Å²) in [7, 11) is 0. The first-order valence-electron chi connectivity index (χ1n) is 7.44. The van der Waals surface area contributed by atoms with E-state index in [0.29, 0.717) is 37.7 Å². The molecular formula is C15H15F3N4O3. The number of aromatic nitrogens is 1. The summed E-state index contributed by atoms with van der Waals surface area (Å²) in [5.41, 5.74) is 5.76. The van der Waals surface area contributed by atoms with Crippen molar-refractivity contribution in [2.45, 2.75) is 6.36 Å². The van der Waals surface area contributed by atoms with Crippen LogP contribution >= 0.6 is 0 Å². The molecule has 2 heterocycles. The first-order chi connectivity index (χ1) is 11.8. The SMILES string of the molecule is NC(=O)c1cc(N2CCN(c3cccc(OC(F)(F)F)c3)CC2)no1. The molecule has 2 aromatic rings. The number of carbonyl (C=O) groups is 1. The average molecular weight is 356 g/mol. The van der Waals surface area contributed by atoms with E-state index >= 15 is 0 Å². The molecule has 0 saturated carbocycles. The third-order valence-corrected chi connectivity index (χ3v) is 3.76. The molecule has 0 spiro atoms. The van der Waals surface area contributed by atoms with Gasteiger partial charge < -0.3 is 24.8 Å². The van der Waals surface area contributed by atoms with E-state index in [-0.39, 0.29) is 11.5 Å². The number of primary amides is 1. The Balaban J connectivity index is 1.64. The Kier molecular flexibility index (Phi) is 4.43. The number of rotatable bonds is 4. The molecule has 0 bridgehead atoms. The molecule has 0 atom stereocenters. The van der Waals surface area contributed by atoms with E-state index in [2.05, 4.69) is 9.89 Å². The Bertz CT molecular complexity index is 754. The van der Waals surface area contributed by atoms with E-state index in [1.165, 1.54) is 24.3 Å². The number of carbonyl (C=O) groups excluding carboxylic acids is 1. The van der Waals surface area contributed by atoms with Crippen LogP contribution in [0.1, 0.15) is 10.6 Å². The summed E-state index contributed by atoms with van der Waals surface area (Å²) in [4.78, 5) is 14.9. The van der Waals surface area contributed by atoms with Crippen molar-refractivity contribution >= 4 is 17.4 Å². The number of anilines is 2. The van der Waals surface area contributed by atoms with Crippen molar-refractivity contribution in [3.05, 3.63) is 36.1 Å². The second-order valence-corrected chi connectivity index (χ2v) is 5.43. The topological polar surface area (TPSA) is 84.8 Å². The van der Waals surface area contributed by atoms with Gasteiger partial charge >= 0.3 is 6.36 Å². The van der Waals surface area contributed by atoms with Crippen molar-refractivity contribution in [1.82, 2.24) is 5.16 Å². The standard InChI is InChI=1S/C15H15F3N4O3/c16-15(17,18)24-11-3-1-2-10(8-11)21-4-6-22(7-5-21)13-9-12(14(19)23)25-20-13/h1-3,8-9H,4-7H2,(H2,19,23). The van der Waals surface area contributed by atoms with Gasteiger partial charge in [0.15, 0.2) is 5.82 Å². The van der Waals surface area contributed by atoms with Crippen LogP contribution in [0.5, 0.6) is 5.75 Å². The number of hydrogen-bond acceptors (Lipinski definition) is 6. The van der Waals surface area contributed by atoms with Gasteiger partial charge in [0.05, 0.1) is 0 Å². The van der Waals surface area contributed by atoms with Crippen molar-refractivity contribution in [2.24, 2.45) is 5.73 Å². The number of piperazine rings is 1. The molecule has 1 aliphatic rings. The van der Waals surface area contributed by atoms with Gasteiger partial charge in [-0.1, -0.05) is 11.2 Å². The van der Waals surface area contributed by atoms with Crippen LogP contribution in [0.4, 0.5) is 24.7 Å². The molecule has 1 aromatic carbocycles. The van der Waals surface area contributed by atoms with Gasteiger partial charge in [-0.15, -0.1) is 13.2 Å². The lowest BCUT2D eigenvalue weighted by Crippen LogP contribution is -2.46. The summed E-state index contributed by atoms with van der Waals surface area (Å²) in [5, 5.41) is 3.80. The Morgan fingerprint density at radius 3 is 2.44 bits per heavy atom. The number of nitrogens with two attached hydrogens (primary N) is 1. The Hall–Kier alpha value is -2.91. The van der Waals surface area contributed by atoms with Crippen LogP contribution in [0.3, 0.4) is 0 Å². The molecule has 7 nitrogen and oxygen atoms in total. The fourth-order valence-electron chi connectivity index (χ4n) is 2.60. The number of benzene rings is 1. The van der Waals surface area contributed by atoms with Crippen molar-refractivity contribution in [1.29, 1.82) is 0 Å². The third-order valence-electron chi connectivity index (χ3n) is 3.76. The van der Waals surface area contributed by atoms with E-state index in [4.69, 9.17) is 10.3 Å². The fraction of sp³-hybridized carbons (Fsp3) is 0.333. The highest BCUT2D eigenvalue weighted by molar-refractivity contribution is 5.90. The molecular weight excluding hydrogens is 341 g/mol. The van der Waals surface area contributed by atoms with Gasteiger partial charge in [0, 0.05) is 44.0 Å². The molecule has 1 saturated heterocycles. The van der Waals surface area contributed by atoms with E-state index in [1.807, 2.05) is 9.80 Å². The Labute approximate surface area is 140 Å². The molecule has 3 rings (SSSR count). The minimum atomic E-state index is -4.72. The maximum atomic E-state index is 12.3. The van der Waals surface area contributed by atoms with Gasteiger partial charge in [-0.05, 0) is 12.1 Å². The predicted molar refractivity (Wildman–Crippen MR) is 82.6 cm³/mol. The lowest BCUT2D eigenvalue weighted by molar-refractivity contribution is -0.274. The van der Waals surface area contributed by atoms with E-state index in [9.17, 15) is 18.0 Å². The second kappa shape index (κ2) is 6.54. The molecule has 0 radical (unpaired) electrons. The highest BCUT2D eigenvalue weighted by Gasteiger charge is 2.31. The van der Waals surface area contributed by atoms with Gasteiger partial charge in [0.25, 0.3) is 5.91 Å². The maximum absolute atomic E-state index is 12.3. The summed E-state index contributed by atoms with van der Waals surface area (Å²) < 4.78 is 45.8. The highest BCUT2D eigenvalue weighted by Crippen LogP contribution is 2.28. The predicted octanol–water partition coefficient (Wildman–Crippen LogP) is 2.00. The largest absolute Gasteiger partial charge is 0.573 e. The zero-order valence-electron chi connectivity index (χ0n) is 13.0. The summed E-state index contributed by atoms with van der Waals surface area (Å²) in [5.74, 6) is -0.467. The zero-order valence-corrected chi connectivity index (χ0v) is 13.0. The van der Waals surface area contributed by atoms with Gasteiger partial charge in [0.2, 0.25) is 5.76 Å². The third kappa shape index (κ3) is 4.14. The molecule has 0 unspecified atom stereocenters. The van der Waals surface area contributed by atoms with Gasteiger partial charge in [-0.2, -0.15) is 0 Å². The smallest absolute Gasteiger partial charge is 0.406 e. The zero-order chi connectivity index (χ0) is 18.0. The molecule has 134 valence electrons. The first-order valence-corrected chi connectivity index (χ1v) is 7.44. The molecule has 1 aromatic heterocycles. The molecule has 10 heteroatoms. The van der Waals surface area contributed by atoms with Gasteiger partial charge in [0.1, 0.15) is 5.75 Å². The van der Waals surface area contributed by atoms with E-state index in [1.54, 1.807) is 6.07 Å². The first kappa shape index (κ1) is 16.9. The average Bonchev–Trinajstić information content (AvgIpc) is 3.04. The summed E-state index contributed by atoms with van der Waals surface area (Å²) in [6.07, 6.45) is -4.72. The molecule has 2 N–H and O–H groups in total. The van der Waals surface area contributed by atoms with Crippen LogP contribution in [-0.4, -0.2) is 43.6 Å². The fourth-order valence-corrected chi connectivity index (χ4v) is 2.60. The molecule has 0 aliphatic carbocycles. The second-order valence-electron chi connectivity index (χ2n) is 5.43. The van der Waals surface area contributed by atoms with Crippen LogP contribution < -0.4 is 20.3 Å². The summed E-state index contributed by atoms with van der Waals surface area (Å²) >= 11 is 0. The van der Waals surface area contributed by atoms with Crippen LogP contribution in [0.25, 0.3) is 0 Å². The number of amides is 1. The highest BCUT2D eigenvalue weighted by atomic mass is 19.4. The van der Waals surface area contributed by atoms with Crippen LogP contribution in [0.15, 0.2) is 34.9 Å². The molecule has 25 heavy (non-hydrogen) atoms. The number of hydrogen-bond donors (Lipinski definition) is 1. The number of nitrogens with zero attached hydrogens (tertiary/aromatic N) is 3. The van der Waals surface area contributed by atoms with Gasteiger partial charge in [-0.25, -0.2) is 0 Å². The van der Waals surface area contributed by atoms with Crippen molar-refractivity contribution in [3.8, 4) is 5.75 Å². The number of ether oxygens (including phenoxy) is 1. The Morgan fingerprint density at radius 2 is 1.84 bits per heavy atom. The lowest BCUT2D eigenvalue weighted by atomic mass is 10.2.